The first-order valence-electron chi connectivity index (χ1n) is 4.36. The molecule has 1 aromatic rings. The number of rotatable bonds is 2. The van der Waals surface area contributed by atoms with Crippen LogP contribution in [-0.4, -0.2) is 22.7 Å². The molecule has 2 N–H and O–H groups in total. The van der Waals surface area contributed by atoms with Crippen LogP contribution in [0.1, 0.15) is 13.8 Å². The highest BCUT2D eigenvalue weighted by molar-refractivity contribution is 5.91. The lowest BCUT2D eigenvalue weighted by atomic mass is 10.2. The molecule has 0 aliphatic carbocycles. The van der Waals surface area contributed by atoms with Crippen LogP contribution in [0.2, 0.25) is 0 Å². The molecule has 0 bridgehead atoms. The topological polar surface area (TPSA) is 60.8 Å². The Balaban J connectivity index is 3.06. The summed E-state index contributed by atoms with van der Waals surface area (Å²) >= 11 is 0. The largest absolute Gasteiger partial charge is 0.504 e. The fourth-order valence-corrected chi connectivity index (χ4v) is 1.27. The van der Waals surface area contributed by atoms with Gasteiger partial charge in [0, 0.05) is 25.2 Å². The van der Waals surface area contributed by atoms with E-state index in [-0.39, 0.29) is 17.4 Å². The van der Waals surface area contributed by atoms with Gasteiger partial charge in [0.15, 0.2) is 11.5 Å². The Morgan fingerprint density at radius 1 is 1.36 bits per heavy atom. The quantitative estimate of drug-likeness (QED) is 0.702. The molecule has 0 radical (unpaired) electrons. The van der Waals surface area contributed by atoms with Crippen molar-refractivity contribution >= 4 is 11.6 Å². The second-order valence-electron chi connectivity index (χ2n) is 2.94. The molecular formula is C10H13NO3. The van der Waals surface area contributed by atoms with Crippen LogP contribution in [0.5, 0.6) is 11.5 Å². The molecule has 4 heteroatoms. The van der Waals surface area contributed by atoms with Crippen LogP contribution in [0.3, 0.4) is 0 Å². The van der Waals surface area contributed by atoms with Crippen LogP contribution in [0.25, 0.3) is 0 Å². The van der Waals surface area contributed by atoms with Crippen molar-refractivity contribution in [3.63, 3.8) is 0 Å². The number of benzene rings is 1. The predicted octanol–water partition coefficient (Wildman–Crippen LogP) is 1.47. The van der Waals surface area contributed by atoms with E-state index in [2.05, 4.69) is 0 Å². The zero-order chi connectivity index (χ0) is 10.7. The third-order valence-corrected chi connectivity index (χ3v) is 1.97. The molecule has 1 amide bonds. The highest BCUT2D eigenvalue weighted by atomic mass is 16.3. The molecule has 1 aromatic carbocycles. The number of amides is 1. The molecule has 0 fully saturated rings. The van der Waals surface area contributed by atoms with Crippen LogP contribution in [0, 0.1) is 0 Å². The smallest absolute Gasteiger partial charge is 0.223 e. The molecule has 4 nitrogen and oxygen atoms in total. The molecule has 14 heavy (non-hydrogen) atoms. The van der Waals surface area contributed by atoms with Crippen molar-refractivity contribution < 1.29 is 15.0 Å². The maximum absolute atomic E-state index is 11.2. The normalized spacial score (nSPS) is 9.86. The molecule has 0 spiro atoms. The lowest BCUT2D eigenvalue weighted by Crippen LogP contribution is -2.27. The first-order valence-corrected chi connectivity index (χ1v) is 4.36. The summed E-state index contributed by atoms with van der Waals surface area (Å²) in [4.78, 5) is 12.7. The lowest BCUT2D eigenvalue weighted by Gasteiger charge is -2.19. The Kier molecular flexibility index (Phi) is 2.96. The van der Waals surface area contributed by atoms with Crippen molar-refractivity contribution in [1.82, 2.24) is 0 Å². The third kappa shape index (κ3) is 1.96. The van der Waals surface area contributed by atoms with Crippen molar-refractivity contribution in [2.24, 2.45) is 0 Å². The molecule has 0 aromatic heterocycles. The molecule has 0 atom stereocenters. The van der Waals surface area contributed by atoms with Gasteiger partial charge < -0.3 is 15.1 Å². The van der Waals surface area contributed by atoms with Gasteiger partial charge in [0.1, 0.15) is 0 Å². The molecular weight excluding hydrogens is 182 g/mol. The van der Waals surface area contributed by atoms with Crippen LogP contribution in [0.4, 0.5) is 5.69 Å². The Bertz CT molecular complexity index is 349. The number of carbonyl (C=O) groups is 1. The summed E-state index contributed by atoms with van der Waals surface area (Å²) < 4.78 is 0. The minimum Gasteiger partial charge on any atom is -0.504 e. The van der Waals surface area contributed by atoms with Crippen LogP contribution in [0.15, 0.2) is 18.2 Å². The van der Waals surface area contributed by atoms with Gasteiger partial charge in [-0.1, -0.05) is 0 Å². The van der Waals surface area contributed by atoms with Crippen LogP contribution >= 0.6 is 0 Å². The summed E-state index contributed by atoms with van der Waals surface area (Å²) in [5.74, 6) is -0.506. The molecule has 0 aliphatic rings. The molecule has 0 aliphatic heterocycles. The van der Waals surface area contributed by atoms with Gasteiger partial charge in [-0.15, -0.1) is 0 Å². The van der Waals surface area contributed by atoms with Gasteiger partial charge in [-0.25, -0.2) is 0 Å². The second-order valence-corrected chi connectivity index (χ2v) is 2.94. The summed E-state index contributed by atoms with van der Waals surface area (Å²) in [6, 6.07) is 4.30. The monoisotopic (exact) mass is 195 g/mol. The van der Waals surface area contributed by atoms with Crippen LogP contribution < -0.4 is 4.90 Å². The van der Waals surface area contributed by atoms with E-state index >= 15 is 0 Å². The highest BCUT2D eigenvalue weighted by Crippen LogP contribution is 2.29. The highest BCUT2D eigenvalue weighted by Gasteiger charge is 2.10. The Hall–Kier alpha value is -1.71. The van der Waals surface area contributed by atoms with Gasteiger partial charge in [-0.3, -0.25) is 4.79 Å². The van der Waals surface area contributed by atoms with E-state index in [1.165, 1.54) is 24.0 Å². The lowest BCUT2D eigenvalue weighted by molar-refractivity contribution is -0.116. The molecule has 0 unspecified atom stereocenters. The van der Waals surface area contributed by atoms with Gasteiger partial charge in [0.05, 0.1) is 0 Å². The van der Waals surface area contributed by atoms with E-state index in [0.717, 1.165) is 0 Å². The minimum absolute atomic E-state index is 0.0995. The molecule has 0 saturated heterocycles. The van der Waals surface area contributed by atoms with E-state index < -0.39 is 0 Å². The van der Waals surface area contributed by atoms with E-state index in [1.54, 1.807) is 6.07 Å². The van der Waals surface area contributed by atoms with Crippen molar-refractivity contribution in [2.45, 2.75) is 13.8 Å². The maximum Gasteiger partial charge on any atom is 0.223 e. The number of anilines is 1. The number of hydrogen-bond donors (Lipinski definition) is 2. The van der Waals surface area contributed by atoms with E-state index in [4.69, 9.17) is 5.11 Å². The number of phenolic OH excluding ortho intramolecular Hbond substituents is 2. The maximum atomic E-state index is 11.2. The van der Waals surface area contributed by atoms with E-state index in [9.17, 15) is 9.90 Å². The van der Waals surface area contributed by atoms with Crippen molar-refractivity contribution in [3.8, 4) is 11.5 Å². The molecule has 1 rings (SSSR count). The molecule has 0 saturated carbocycles. The first-order chi connectivity index (χ1) is 6.56. The van der Waals surface area contributed by atoms with Crippen molar-refractivity contribution in [3.05, 3.63) is 18.2 Å². The van der Waals surface area contributed by atoms with E-state index in [0.29, 0.717) is 12.2 Å². The number of hydrogen-bond acceptors (Lipinski definition) is 3. The zero-order valence-corrected chi connectivity index (χ0v) is 8.19. The van der Waals surface area contributed by atoms with E-state index in [1.807, 2.05) is 6.92 Å². The summed E-state index contributed by atoms with van der Waals surface area (Å²) in [5.41, 5.74) is 0.579. The second kappa shape index (κ2) is 4.00. The van der Waals surface area contributed by atoms with Gasteiger partial charge >= 0.3 is 0 Å². The number of aromatic hydroxyl groups is 2. The fourth-order valence-electron chi connectivity index (χ4n) is 1.27. The summed E-state index contributed by atoms with van der Waals surface area (Å²) in [6.45, 7) is 3.82. The predicted molar refractivity (Wildman–Crippen MR) is 53.5 cm³/mol. The van der Waals surface area contributed by atoms with Crippen LogP contribution in [-0.2, 0) is 4.79 Å². The fraction of sp³-hybridized carbons (Fsp3) is 0.300. The Labute approximate surface area is 82.4 Å². The average molecular weight is 195 g/mol. The summed E-state index contributed by atoms with van der Waals surface area (Å²) in [6.07, 6.45) is 0. The summed E-state index contributed by atoms with van der Waals surface area (Å²) in [7, 11) is 0. The van der Waals surface area contributed by atoms with Gasteiger partial charge in [0.25, 0.3) is 0 Å². The van der Waals surface area contributed by atoms with Gasteiger partial charge in [-0.05, 0) is 19.1 Å². The molecule has 76 valence electrons. The first kappa shape index (κ1) is 10.4. The number of carbonyl (C=O) groups excluding carboxylic acids is 1. The van der Waals surface area contributed by atoms with Crippen molar-refractivity contribution in [1.29, 1.82) is 0 Å². The number of nitrogens with zero attached hydrogens (tertiary/aromatic N) is 1. The Morgan fingerprint density at radius 3 is 2.43 bits per heavy atom. The van der Waals surface area contributed by atoms with Gasteiger partial charge in [-0.2, -0.15) is 0 Å². The Morgan fingerprint density at radius 2 is 2.00 bits per heavy atom. The standard InChI is InChI=1S/C10H13NO3/c1-3-11(7(2)12)8-4-5-9(13)10(14)6-8/h4-6,13-14H,3H2,1-2H3. The third-order valence-electron chi connectivity index (χ3n) is 1.97. The summed E-state index contributed by atoms with van der Waals surface area (Å²) in [5, 5.41) is 18.3. The van der Waals surface area contributed by atoms with Gasteiger partial charge in [0.2, 0.25) is 5.91 Å². The van der Waals surface area contributed by atoms with Crippen molar-refractivity contribution in [2.75, 3.05) is 11.4 Å². The SMILES string of the molecule is CCN(C(C)=O)c1ccc(O)c(O)c1. The molecule has 0 heterocycles. The average Bonchev–Trinajstić information content (AvgIpc) is 2.11. The zero-order valence-electron chi connectivity index (χ0n) is 8.19. The minimum atomic E-state index is -0.220. The number of phenols is 2.